The van der Waals surface area contributed by atoms with E-state index >= 15 is 0 Å². The number of aromatic nitrogens is 1. The molecule has 138 valence electrons. The Kier molecular flexibility index (Phi) is 7.73. The molecular weight excluding hydrogens is 334 g/mol. The highest BCUT2D eigenvalue weighted by molar-refractivity contribution is 5.94. The van der Waals surface area contributed by atoms with Gasteiger partial charge in [-0.25, -0.2) is 0 Å². The Morgan fingerprint density at radius 1 is 1.04 bits per heavy atom. The molecule has 0 aliphatic carbocycles. The number of aliphatic hydroxyl groups is 1. The fourth-order valence-corrected chi connectivity index (χ4v) is 2.33. The van der Waals surface area contributed by atoms with Crippen molar-refractivity contribution in [2.45, 2.75) is 19.1 Å². The molecule has 0 saturated heterocycles. The van der Waals surface area contributed by atoms with Crippen molar-refractivity contribution < 1.29 is 19.4 Å². The van der Waals surface area contributed by atoms with Crippen LogP contribution in [0.25, 0.3) is 0 Å². The second-order valence-electron chi connectivity index (χ2n) is 5.59. The molecule has 0 spiro atoms. The number of nitrogens with one attached hydrogen (secondary N) is 2. The van der Waals surface area contributed by atoms with Crippen LogP contribution >= 0.6 is 0 Å². The minimum absolute atomic E-state index is 0.0150. The zero-order valence-corrected chi connectivity index (χ0v) is 14.6. The third kappa shape index (κ3) is 5.94. The Labute approximate surface area is 152 Å². The summed E-state index contributed by atoms with van der Waals surface area (Å²) in [5.41, 5.74) is 0.937. The van der Waals surface area contributed by atoms with Gasteiger partial charge in [-0.05, 0) is 31.2 Å². The average molecular weight is 357 g/mol. The van der Waals surface area contributed by atoms with Gasteiger partial charge in [0.1, 0.15) is 6.10 Å². The largest absolute Gasteiger partial charge is 0.388 e. The molecule has 7 heteroatoms. The Hall–Kier alpha value is -2.77. The molecule has 2 rings (SSSR count). The van der Waals surface area contributed by atoms with Crippen LogP contribution in [0, 0.1) is 0 Å². The number of carbonyl (C=O) groups excluding carboxylic acids is 2. The van der Waals surface area contributed by atoms with Crippen molar-refractivity contribution >= 4 is 11.8 Å². The third-order valence-corrected chi connectivity index (χ3v) is 3.71. The molecule has 7 nitrogen and oxygen atoms in total. The minimum Gasteiger partial charge on any atom is -0.388 e. The Balaban J connectivity index is 1.85. The highest BCUT2D eigenvalue weighted by Gasteiger charge is 2.21. The van der Waals surface area contributed by atoms with Gasteiger partial charge < -0.3 is 20.5 Å². The van der Waals surface area contributed by atoms with Crippen LogP contribution in [-0.2, 0) is 4.74 Å². The molecule has 2 aromatic rings. The van der Waals surface area contributed by atoms with Gasteiger partial charge in [0.2, 0.25) is 0 Å². The highest BCUT2D eigenvalue weighted by atomic mass is 16.5. The molecule has 0 bridgehead atoms. The van der Waals surface area contributed by atoms with Gasteiger partial charge in [0.25, 0.3) is 11.8 Å². The van der Waals surface area contributed by atoms with Crippen molar-refractivity contribution in [3.63, 3.8) is 0 Å². The molecule has 1 aromatic carbocycles. The first-order chi connectivity index (χ1) is 12.6. The lowest BCUT2D eigenvalue weighted by Gasteiger charge is -2.23. The molecule has 1 heterocycles. The smallest absolute Gasteiger partial charge is 0.252 e. The molecule has 26 heavy (non-hydrogen) atoms. The number of nitrogens with zero attached hydrogens (tertiary/aromatic N) is 1. The summed E-state index contributed by atoms with van der Waals surface area (Å²) in [6, 6.07) is 12.1. The van der Waals surface area contributed by atoms with E-state index in [-0.39, 0.29) is 24.9 Å². The van der Waals surface area contributed by atoms with E-state index in [9.17, 15) is 14.7 Å². The molecule has 0 radical (unpaired) electrons. The number of carbonyl (C=O) groups is 2. The Morgan fingerprint density at radius 3 is 2.35 bits per heavy atom. The van der Waals surface area contributed by atoms with Gasteiger partial charge in [-0.3, -0.25) is 14.6 Å². The summed E-state index contributed by atoms with van der Waals surface area (Å²) in [5.74, 6) is -0.581. The maximum atomic E-state index is 12.1. The van der Waals surface area contributed by atoms with Crippen molar-refractivity contribution in [3.05, 3.63) is 66.0 Å². The molecule has 0 aliphatic rings. The molecule has 2 atom stereocenters. The summed E-state index contributed by atoms with van der Waals surface area (Å²) in [6.07, 6.45) is 1.44. The van der Waals surface area contributed by atoms with E-state index in [1.165, 1.54) is 6.20 Å². The predicted octanol–water partition coefficient (Wildman–Crippen LogP) is 1.01. The van der Waals surface area contributed by atoms with Crippen molar-refractivity contribution in [3.8, 4) is 0 Å². The van der Waals surface area contributed by atoms with Gasteiger partial charge in [-0.2, -0.15) is 0 Å². The van der Waals surface area contributed by atoms with Crippen LogP contribution in [0.4, 0.5) is 0 Å². The predicted molar refractivity (Wildman–Crippen MR) is 96.8 cm³/mol. The monoisotopic (exact) mass is 357 g/mol. The normalized spacial score (nSPS) is 12.8. The second kappa shape index (κ2) is 10.3. The number of pyridine rings is 1. The first-order valence-corrected chi connectivity index (χ1v) is 8.43. The van der Waals surface area contributed by atoms with Gasteiger partial charge in [-0.1, -0.05) is 18.2 Å². The number of rotatable bonds is 9. The van der Waals surface area contributed by atoms with E-state index in [2.05, 4.69) is 15.6 Å². The minimum atomic E-state index is -0.961. The maximum Gasteiger partial charge on any atom is 0.252 e. The number of hydrogen-bond acceptors (Lipinski definition) is 5. The number of amides is 2. The number of ether oxygens (including phenoxy) is 1. The van der Waals surface area contributed by atoms with E-state index in [0.717, 1.165) is 0 Å². The Bertz CT molecular complexity index is 694. The fraction of sp³-hybridized carbons (Fsp3) is 0.316. The summed E-state index contributed by atoms with van der Waals surface area (Å²) in [5, 5.41) is 15.7. The van der Waals surface area contributed by atoms with Gasteiger partial charge in [-0.15, -0.1) is 0 Å². The molecule has 2 amide bonds. The van der Waals surface area contributed by atoms with Crippen LogP contribution in [0.3, 0.4) is 0 Å². The van der Waals surface area contributed by atoms with Crippen LogP contribution in [0.15, 0.2) is 54.9 Å². The molecule has 0 fully saturated rings. The summed E-state index contributed by atoms with van der Waals surface area (Å²) >= 11 is 0. The number of benzene rings is 1. The van der Waals surface area contributed by atoms with Gasteiger partial charge in [0.05, 0.1) is 11.7 Å². The van der Waals surface area contributed by atoms with Crippen molar-refractivity contribution in [2.75, 3.05) is 19.7 Å². The van der Waals surface area contributed by atoms with Gasteiger partial charge in [0, 0.05) is 37.7 Å². The van der Waals surface area contributed by atoms with Crippen LogP contribution in [0.1, 0.15) is 27.6 Å². The van der Waals surface area contributed by atoms with Crippen molar-refractivity contribution in [2.24, 2.45) is 0 Å². The SMILES string of the molecule is CCO[C@H](CNC(=O)c1cccnc1)[C@@H](O)CNC(=O)c1ccccc1. The summed E-state index contributed by atoms with van der Waals surface area (Å²) in [6.45, 7) is 2.30. The zero-order chi connectivity index (χ0) is 18.8. The first-order valence-electron chi connectivity index (χ1n) is 8.43. The van der Waals surface area contributed by atoms with Crippen molar-refractivity contribution in [1.29, 1.82) is 0 Å². The first kappa shape index (κ1) is 19.6. The number of hydrogen-bond donors (Lipinski definition) is 3. The van der Waals surface area contributed by atoms with Gasteiger partial charge >= 0.3 is 0 Å². The van der Waals surface area contributed by atoms with E-state index in [1.807, 2.05) is 6.07 Å². The van der Waals surface area contributed by atoms with E-state index in [1.54, 1.807) is 49.5 Å². The fourth-order valence-electron chi connectivity index (χ4n) is 2.33. The molecule has 3 N–H and O–H groups in total. The highest BCUT2D eigenvalue weighted by Crippen LogP contribution is 2.02. The number of aliphatic hydroxyl groups excluding tert-OH is 1. The van der Waals surface area contributed by atoms with Gasteiger partial charge in [0.15, 0.2) is 0 Å². The van der Waals surface area contributed by atoms with Crippen LogP contribution < -0.4 is 10.6 Å². The molecule has 0 unspecified atom stereocenters. The maximum absolute atomic E-state index is 12.1. The lowest BCUT2D eigenvalue weighted by atomic mass is 10.1. The molecular formula is C19H23N3O4. The van der Waals surface area contributed by atoms with E-state index in [0.29, 0.717) is 17.7 Å². The zero-order valence-electron chi connectivity index (χ0n) is 14.6. The Morgan fingerprint density at radius 2 is 1.69 bits per heavy atom. The molecule has 0 aliphatic heterocycles. The summed E-state index contributed by atoms with van der Waals surface area (Å²) < 4.78 is 5.50. The van der Waals surface area contributed by atoms with E-state index < -0.39 is 12.2 Å². The lowest BCUT2D eigenvalue weighted by molar-refractivity contribution is -0.0287. The van der Waals surface area contributed by atoms with E-state index in [4.69, 9.17) is 4.74 Å². The quantitative estimate of drug-likeness (QED) is 0.622. The summed E-state index contributed by atoms with van der Waals surface area (Å²) in [4.78, 5) is 28.0. The second-order valence-corrected chi connectivity index (χ2v) is 5.59. The summed E-state index contributed by atoms with van der Waals surface area (Å²) in [7, 11) is 0. The van der Waals surface area contributed by atoms with Crippen molar-refractivity contribution in [1.82, 2.24) is 15.6 Å². The van der Waals surface area contributed by atoms with Crippen LogP contribution in [-0.4, -0.2) is 53.8 Å². The lowest BCUT2D eigenvalue weighted by Crippen LogP contribution is -2.46. The standard InChI is InChI=1S/C19H23N3O4/c1-2-26-17(13-22-19(25)15-9-6-10-20-11-15)16(23)12-21-18(24)14-7-4-3-5-8-14/h3-11,16-17,23H,2,12-13H2,1H3,(H,21,24)(H,22,25)/t16-,17+/m0/s1. The molecule has 1 aromatic heterocycles. The average Bonchev–Trinajstić information content (AvgIpc) is 2.70. The van der Waals surface area contributed by atoms with Crippen LogP contribution in [0.2, 0.25) is 0 Å². The molecule has 0 saturated carbocycles. The third-order valence-electron chi connectivity index (χ3n) is 3.71. The van der Waals surface area contributed by atoms with Crippen LogP contribution in [0.5, 0.6) is 0 Å². The topological polar surface area (TPSA) is 101 Å².